The number of hydrogen-bond donors (Lipinski definition) is 3. The first kappa shape index (κ1) is 7.65. The molecule has 0 bridgehead atoms. The first-order valence-electron chi connectivity index (χ1n) is 3.09. The largest absolute Gasteiger partial charge is 0.390 e. The van der Waals surface area contributed by atoms with Gasteiger partial charge in [-0.25, -0.2) is 0 Å². The van der Waals surface area contributed by atoms with E-state index in [4.69, 9.17) is 15.3 Å². The van der Waals surface area contributed by atoms with Crippen molar-refractivity contribution in [3.8, 4) is 0 Å². The molecule has 0 aliphatic heterocycles. The van der Waals surface area contributed by atoms with Crippen molar-refractivity contribution in [1.82, 2.24) is 0 Å². The highest BCUT2D eigenvalue weighted by atomic mass is 16.4. The Labute approximate surface area is 58.1 Å². The molecule has 3 N–H and O–H groups in total. The SMILES string of the molecule is CC1C(O)[C@@H](O)[C@@]1(O)C=O. The molecule has 0 radical (unpaired) electrons. The first-order valence-corrected chi connectivity index (χ1v) is 3.09. The predicted molar refractivity (Wildman–Crippen MR) is 32.2 cm³/mol. The Morgan fingerprint density at radius 2 is 2.00 bits per heavy atom. The van der Waals surface area contributed by atoms with Crippen LogP contribution in [0.2, 0.25) is 0 Å². The zero-order valence-electron chi connectivity index (χ0n) is 5.56. The van der Waals surface area contributed by atoms with Crippen LogP contribution >= 0.6 is 0 Å². The molecule has 4 atom stereocenters. The summed E-state index contributed by atoms with van der Waals surface area (Å²) in [5, 5.41) is 26.9. The summed E-state index contributed by atoms with van der Waals surface area (Å²) in [6, 6.07) is 0. The summed E-state index contributed by atoms with van der Waals surface area (Å²) >= 11 is 0. The zero-order chi connectivity index (χ0) is 7.94. The summed E-state index contributed by atoms with van der Waals surface area (Å²) in [4.78, 5) is 10.2. The van der Waals surface area contributed by atoms with Gasteiger partial charge in [0.25, 0.3) is 0 Å². The van der Waals surface area contributed by atoms with Crippen LogP contribution in [0.15, 0.2) is 0 Å². The molecule has 0 saturated heterocycles. The number of aliphatic hydroxyl groups excluding tert-OH is 2. The van der Waals surface area contributed by atoms with Gasteiger partial charge in [-0.05, 0) is 0 Å². The van der Waals surface area contributed by atoms with Crippen LogP contribution in [-0.2, 0) is 4.79 Å². The molecule has 0 spiro atoms. The van der Waals surface area contributed by atoms with Crippen LogP contribution in [0.3, 0.4) is 0 Å². The van der Waals surface area contributed by atoms with E-state index in [0.717, 1.165) is 0 Å². The minimum absolute atomic E-state index is 0.273. The van der Waals surface area contributed by atoms with Gasteiger partial charge in [0.2, 0.25) is 0 Å². The number of rotatable bonds is 1. The lowest BCUT2D eigenvalue weighted by Gasteiger charge is -2.48. The monoisotopic (exact) mass is 146 g/mol. The lowest BCUT2D eigenvalue weighted by Crippen LogP contribution is -2.69. The smallest absolute Gasteiger partial charge is 0.154 e. The molecule has 4 nitrogen and oxygen atoms in total. The molecule has 0 aromatic carbocycles. The quantitative estimate of drug-likeness (QED) is 0.385. The fourth-order valence-corrected chi connectivity index (χ4v) is 1.15. The third-order valence-electron chi connectivity index (χ3n) is 2.23. The van der Waals surface area contributed by atoms with Crippen LogP contribution in [0.4, 0.5) is 0 Å². The van der Waals surface area contributed by atoms with E-state index in [2.05, 4.69) is 0 Å². The van der Waals surface area contributed by atoms with Gasteiger partial charge in [0.1, 0.15) is 6.10 Å². The number of aliphatic hydroxyl groups is 3. The molecule has 58 valence electrons. The van der Waals surface area contributed by atoms with Gasteiger partial charge in [-0.1, -0.05) is 6.92 Å². The molecule has 0 aromatic rings. The van der Waals surface area contributed by atoms with Crippen molar-refractivity contribution in [2.75, 3.05) is 0 Å². The Morgan fingerprint density at radius 3 is 2.20 bits per heavy atom. The second-order valence-corrected chi connectivity index (χ2v) is 2.73. The second kappa shape index (κ2) is 2.02. The molecule has 0 heterocycles. The lowest BCUT2D eigenvalue weighted by molar-refractivity contribution is -0.237. The van der Waals surface area contributed by atoms with Gasteiger partial charge >= 0.3 is 0 Å². The van der Waals surface area contributed by atoms with Crippen molar-refractivity contribution in [3.63, 3.8) is 0 Å². The van der Waals surface area contributed by atoms with Gasteiger partial charge in [-0.3, -0.25) is 0 Å². The van der Waals surface area contributed by atoms with Gasteiger partial charge in [0, 0.05) is 5.92 Å². The summed E-state index contributed by atoms with van der Waals surface area (Å²) in [7, 11) is 0. The van der Waals surface area contributed by atoms with Crippen molar-refractivity contribution in [2.45, 2.75) is 24.7 Å². The van der Waals surface area contributed by atoms with E-state index in [0.29, 0.717) is 0 Å². The van der Waals surface area contributed by atoms with Gasteiger partial charge in [-0.15, -0.1) is 0 Å². The van der Waals surface area contributed by atoms with Crippen LogP contribution in [0.1, 0.15) is 6.92 Å². The molecule has 0 amide bonds. The third-order valence-corrected chi connectivity index (χ3v) is 2.23. The Morgan fingerprint density at radius 1 is 1.50 bits per heavy atom. The van der Waals surface area contributed by atoms with Crippen molar-refractivity contribution in [1.29, 1.82) is 0 Å². The molecular formula is C6H10O4. The molecule has 0 aromatic heterocycles. The highest BCUT2D eigenvalue weighted by Gasteiger charge is 2.58. The summed E-state index contributed by atoms with van der Waals surface area (Å²) in [5.41, 5.74) is -1.72. The summed E-state index contributed by atoms with van der Waals surface area (Å²) < 4.78 is 0. The predicted octanol–water partition coefficient (Wildman–Crippen LogP) is -1.71. The van der Waals surface area contributed by atoms with E-state index in [-0.39, 0.29) is 6.29 Å². The van der Waals surface area contributed by atoms with Crippen molar-refractivity contribution < 1.29 is 20.1 Å². The molecule has 1 rings (SSSR count). The normalized spacial score (nSPS) is 53.8. The zero-order valence-corrected chi connectivity index (χ0v) is 5.56. The van der Waals surface area contributed by atoms with Crippen LogP contribution in [0.25, 0.3) is 0 Å². The van der Waals surface area contributed by atoms with Gasteiger partial charge in [0.05, 0.1) is 6.10 Å². The summed E-state index contributed by atoms with van der Waals surface area (Å²) in [6.07, 6.45) is -2.02. The van der Waals surface area contributed by atoms with E-state index in [1.165, 1.54) is 6.92 Å². The van der Waals surface area contributed by atoms with E-state index in [1.807, 2.05) is 0 Å². The second-order valence-electron chi connectivity index (χ2n) is 2.73. The van der Waals surface area contributed by atoms with Gasteiger partial charge in [-0.2, -0.15) is 0 Å². The fourth-order valence-electron chi connectivity index (χ4n) is 1.15. The van der Waals surface area contributed by atoms with Gasteiger partial charge < -0.3 is 20.1 Å². The molecule has 1 aliphatic carbocycles. The molecule has 1 fully saturated rings. The Bertz CT molecular complexity index is 146. The van der Waals surface area contributed by atoms with Crippen molar-refractivity contribution >= 4 is 6.29 Å². The van der Waals surface area contributed by atoms with E-state index >= 15 is 0 Å². The molecule has 4 heteroatoms. The maximum atomic E-state index is 10.2. The number of carbonyl (C=O) groups excluding carboxylic acids is 1. The average Bonchev–Trinajstić information content (AvgIpc) is 2.00. The van der Waals surface area contributed by atoms with E-state index < -0.39 is 23.7 Å². The topological polar surface area (TPSA) is 77.8 Å². The highest BCUT2D eigenvalue weighted by Crippen LogP contribution is 2.36. The van der Waals surface area contributed by atoms with Crippen molar-refractivity contribution in [3.05, 3.63) is 0 Å². The van der Waals surface area contributed by atoms with Crippen LogP contribution < -0.4 is 0 Å². The maximum absolute atomic E-state index is 10.2. The number of aldehydes is 1. The van der Waals surface area contributed by atoms with Crippen molar-refractivity contribution in [2.24, 2.45) is 5.92 Å². The first-order chi connectivity index (χ1) is 4.54. The highest BCUT2D eigenvalue weighted by molar-refractivity contribution is 5.66. The molecular weight excluding hydrogens is 136 g/mol. The van der Waals surface area contributed by atoms with Crippen LogP contribution in [0, 0.1) is 5.92 Å². The Hall–Kier alpha value is -0.450. The van der Waals surface area contributed by atoms with E-state index in [1.54, 1.807) is 0 Å². The summed E-state index contributed by atoms with van der Waals surface area (Å²) in [6.45, 7) is 1.51. The van der Waals surface area contributed by atoms with Gasteiger partial charge in [0.15, 0.2) is 11.9 Å². The van der Waals surface area contributed by atoms with Crippen LogP contribution in [0.5, 0.6) is 0 Å². The lowest BCUT2D eigenvalue weighted by atomic mass is 9.66. The van der Waals surface area contributed by atoms with Crippen LogP contribution in [-0.4, -0.2) is 39.4 Å². The average molecular weight is 146 g/mol. The fraction of sp³-hybridized carbons (Fsp3) is 0.833. The van der Waals surface area contributed by atoms with E-state index in [9.17, 15) is 4.79 Å². The minimum Gasteiger partial charge on any atom is -0.390 e. The molecule has 10 heavy (non-hydrogen) atoms. The summed E-state index contributed by atoms with van der Waals surface area (Å²) in [5.74, 6) is -0.569. The Balaban J connectivity index is 2.73. The number of carbonyl (C=O) groups is 1. The number of hydrogen-bond acceptors (Lipinski definition) is 4. The molecule has 2 unspecified atom stereocenters. The maximum Gasteiger partial charge on any atom is 0.154 e. The molecule has 1 saturated carbocycles. The minimum atomic E-state index is -1.72. The molecule has 1 aliphatic rings. The standard InChI is InChI=1S/C6H10O4/c1-3-4(8)5(9)6(3,10)2-7/h2-5,8-10H,1H3/t3?,4?,5-,6-/m1/s1. The Kier molecular flexibility index (Phi) is 1.54. The third kappa shape index (κ3) is 0.637.